The molecule has 1 saturated heterocycles. The van der Waals surface area contributed by atoms with E-state index in [9.17, 15) is 19.5 Å². The summed E-state index contributed by atoms with van der Waals surface area (Å²) < 4.78 is 5.24. The highest BCUT2D eigenvalue weighted by atomic mass is 16.5. The number of hydrogen-bond donors (Lipinski definition) is 3. The van der Waals surface area contributed by atoms with Crippen molar-refractivity contribution in [3.63, 3.8) is 0 Å². The molecular weight excluding hydrogens is 434 g/mol. The maximum absolute atomic E-state index is 13.0. The van der Waals surface area contributed by atoms with Gasteiger partial charge in [-0.2, -0.15) is 0 Å². The van der Waals surface area contributed by atoms with Gasteiger partial charge in [-0.3, -0.25) is 14.4 Å². The summed E-state index contributed by atoms with van der Waals surface area (Å²) in [6.45, 7) is 3.46. The number of nitrogens with zero attached hydrogens (tertiary/aromatic N) is 1. The molecule has 2 atom stereocenters. The molecule has 3 rings (SSSR count). The monoisotopic (exact) mass is 467 g/mol. The number of unbranched alkanes of at least 4 members (excludes halogenated alkanes) is 1. The molecule has 34 heavy (non-hydrogen) atoms. The fourth-order valence-corrected chi connectivity index (χ4v) is 4.21. The minimum absolute atomic E-state index is 0.00667. The van der Waals surface area contributed by atoms with E-state index in [1.54, 1.807) is 19.2 Å². The molecule has 1 fully saturated rings. The van der Waals surface area contributed by atoms with Crippen molar-refractivity contribution in [2.75, 3.05) is 26.7 Å². The molecule has 3 amide bonds. The lowest BCUT2D eigenvalue weighted by molar-refractivity contribution is -0.129. The van der Waals surface area contributed by atoms with Gasteiger partial charge in [-0.15, -0.1) is 0 Å². The molecule has 1 aliphatic rings. The second-order valence-electron chi connectivity index (χ2n) is 8.42. The van der Waals surface area contributed by atoms with Crippen molar-refractivity contribution < 1.29 is 24.2 Å². The van der Waals surface area contributed by atoms with Gasteiger partial charge in [-0.05, 0) is 48.7 Å². The highest BCUT2D eigenvalue weighted by molar-refractivity contribution is 5.94. The van der Waals surface area contributed by atoms with Crippen molar-refractivity contribution >= 4 is 17.7 Å². The zero-order valence-electron chi connectivity index (χ0n) is 19.8. The number of nitrogens with one attached hydrogen (secondary N) is 2. The maximum atomic E-state index is 13.0. The van der Waals surface area contributed by atoms with E-state index in [-0.39, 0.29) is 35.9 Å². The van der Waals surface area contributed by atoms with Gasteiger partial charge in [-0.1, -0.05) is 31.5 Å². The summed E-state index contributed by atoms with van der Waals surface area (Å²) in [6.07, 6.45) is 2.57. The number of phenolic OH excluding ortho intramolecular Hbond substituents is 1. The van der Waals surface area contributed by atoms with Gasteiger partial charge < -0.3 is 25.4 Å². The molecule has 2 unspecified atom stereocenters. The van der Waals surface area contributed by atoms with Crippen LogP contribution in [0.2, 0.25) is 0 Å². The standard InChI is InChI=1S/C26H33N3O5/c1-3-4-15-29-23(31)17-22(24(29)18-9-11-21(34-2)12-10-18)26(33)28-14-6-13-27-25(32)19-7-5-8-20(30)16-19/h5,7-12,16,22,24,30H,3-4,6,13-15,17H2,1-2H3,(H,27,32)(H,28,33). The Kier molecular flexibility index (Phi) is 8.90. The predicted octanol–water partition coefficient (Wildman–Crippen LogP) is 3.03. The van der Waals surface area contributed by atoms with E-state index in [1.807, 2.05) is 29.2 Å². The summed E-state index contributed by atoms with van der Waals surface area (Å²) >= 11 is 0. The summed E-state index contributed by atoms with van der Waals surface area (Å²) in [5.41, 5.74) is 1.30. The first kappa shape index (κ1) is 25.1. The second-order valence-corrected chi connectivity index (χ2v) is 8.42. The van der Waals surface area contributed by atoms with E-state index < -0.39 is 5.92 Å². The third-order valence-corrected chi connectivity index (χ3v) is 6.03. The Bertz CT molecular complexity index is 992. The van der Waals surface area contributed by atoms with Crippen LogP contribution in [-0.4, -0.2) is 54.5 Å². The number of benzene rings is 2. The van der Waals surface area contributed by atoms with Crippen LogP contribution in [0.1, 0.15) is 54.6 Å². The summed E-state index contributed by atoms with van der Waals surface area (Å²) in [4.78, 5) is 39.8. The van der Waals surface area contributed by atoms with E-state index in [2.05, 4.69) is 17.6 Å². The fraction of sp³-hybridized carbons (Fsp3) is 0.423. The number of amides is 3. The summed E-state index contributed by atoms with van der Waals surface area (Å²) in [6, 6.07) is 13.3. The number of carbonyl (C=O) groups is 3. The molecule has 2 aromatic carbocycles. The average Bonchev–Trinajstić information content (AvgIpc) is 3.18. The van der Waals surface area contributed by atoms with Gasteiger partial charge in [0.05, 0.1) is 19.1 Å². The number of phenols is 1. The quantitative estimate of drug-likeness (QED) is 0.440. The molecule has 8 heteroatoms. The fourth-order valence-electron chi connectivity index (χ4n) is 4.21. The normalized spacial score (nSPS) is 17.5. The van der Waals surface area contributed by atoms with Crippen molar-refractivity contribution in [1.82, 2.24) is 15.5 Å². The number of rotatable bonds is 11. The van der Waals surface area contributed by atoms with Gasteiger partial charge in [0.15, 0.2) is 0 Å². The number of carbonyl (C=O) groups excluding carboxylic acids is 3. The number of likely N-dealkylation sites (tertiary alicyclic amines) is 1. The van der Waals surface area contributed by atoms with Crippen LogP contribution >= 0.6 is 0 Å². The molecule has 182 valence electrons. The van der Waals surface area contributed by atoms with Gasteiger partial charge in [-0.25, -0.2) is 0 Å². The van der Waals surface area contributed by atoms with Crippen LogP contribution in [0.25, 0.3) is 0 Å². The molecule has 1 aliphatic heterocycles. The molecule has 3 N–H and O–H groups in total. The lowest BCUT2D eigenvalue weighted by Gasteiger charge is -2.28. The molecular formula is C26H33N3O5. The molecule has 1 heterocycles. The van der Waals surface area contributed by atoms with Gasteiger partial charge >= 0.3 is 0 Å². The van der Waals surface area contributed by atoms with Crippen molar-refractivity contribution in [1.29, 1.82) is 0 Å². The highest BCUT2D eigenvalue weighted by Crippen LogP contribution is 2.39. The Morgan fingerprint density at radius 3 is 2.50 bits per heavy atom. The number of ether oxygens (including phenoxy) is 1. The van der Waals surface area contributed by atoms with E-state index in [0.29, 0.717) is 31.6 Å². The number of methoxy groups -OCH3 is 1. The molecule has 0 aromatic heterocycles. The van der Waals surface area contributed by atoms with E-state index in [0.717, 1.165) is 24.2 Å². The van der Waals surface area contributed by atoms with Crippen LogP contribution in [0.15, 0.2) is 48.5 Å². The van der Waals surface area contributed by atoms with Crippen LogP contribution < -0.4 is 15.4 Å². The lowest BCUT2D eigenvalue weighted by atomic mass is 9.92. The summed E-state index contributed by atoms with van der Waals surface area (Å²) in [7, 11) is 1.60. The third-order valence-electron chi connectivity index (χ3n) is 6.03. The van der Waals surface area contributed by atoms with E-state index in [1.165, 1.54) is 12.1 Å². The van der Waals surface area contributed by atoms with Gasteiger partial charge in [0.2, 0.25) is 11.8 Å². The Labute approximate surface area is 200 Å². The molecule has 0 aliphatic carbocycles. The van der Waals surface area contributed by atoms with Crippen molar-refractivity contribution in [2.24, 2.45) is 5.92 Å². The first-order chi connectivity index (χ1) is 16.4. The minimum atomic E-state index is -0.473. The Balaban J connectivity index is 1.56. The molecule has 2 aromatic rings. The first-order valence-electron chi connectivity index (χ1n) is 11.7. The number of hydrogen-bond acceptors (Lipinski definition) is 5. The van der Waals surface area contributed by atoms with E-state index >= 15 is 0 Å². The molecule has 8 nitrogen and oxygen atoms in total. The van der Waals surface area contributed by atoms with Crippen LogP contribution in [0.4, 0.5) is 0 Å². The Morgan fingerprint density at radius 1 is 1.09 bits per heavy atom. The minimum Gasteiger partial charge on any atom is -0.508 e. The van der Waals surface area contributed by atoms with Crippen LogP contribution in [0, 0.1) is 5.92 Å². The zero-order chi connectivity index (χ0) is 24.5. The van der Waals surface area contributed by atoms with Crippen molar-refractivity contribution in [3.05, 3.63) is 59.7 Å². The Hall–Kier alpha value is -3.55. The highest BCUT2D eigenvalue weighted by Gasteiger charge is 2.43. The Morgan fingerprint density at radius 2 is 1.82 bits per heavy atom. The van der Waals surface area contributed by atoms with E-state index in [4.69, 9.17) is 4.74 Å². The van der Waals surface area contributed by atoms with Crippen LogP contribution in [-0.2, 0) is 9.59 Å². The zero-order valence-corrected chi connectivity index (χ0v) is 19.8. The smallest absolute Gasteiger partial charge is 0.251 e. The molecule has 0 spiro atoms. The largest absolute Gasteiger partial charge is 0.508 e. The molecule has 0 radical (unpaired) electrons. The molecule has 0 bridgehead atoms. The topological polar surface area (TPSA) is 108 Å². The average molecular weight is 468 g/mol. The van der Waals surface area contributed by atoms with Crippen molar-refractivity contribution in [3.8, 4) is 11.5 Å². The van der Waals surface area contributed by atoms with Crippen LogP contribution in [0.5, 0.6) is 11.5 Å². The van der Waals surface area contributed by atoms with Crippen LogP contribution in [0.3, 0.4) is 0 Å². The van der Waals surface area contributed by atoms with Gasteiger partial charge in [0.1, 0.15) is 11.5 Å². The SMILES string of the molecule is CCCCN1C(=O)CC(C(=O)NCCCNC(=O)c2cccc(O)c2)C1c1ccc(OC)cc1. The second kappa shape index (κ2) is 12.1. The lowest BCUT2D eigenvalue weighted by Crippen LogP contribution is -2.37. The van der Waals surface area contributed by atoms with Crippen molar-refractivity contribution in [2.45, 2.75) is 38.6 Å². The molecule has 0 saturated carbocycles. The number of aromatic hydroxyl groups is 1. The first-order valence-corrected chi connectivity index (χ1v) is 11.7. The predicted molar refractivity (Wildman–Crippen MR) is 129 cm³/mol. The summed E-state index contributed by atoms with van der Waals surface area (Å²) in [5, 5.41) is 15.2. The maximum Gasteiger partial charge on any atom is 0.251 e. The third kappa shape index (κ3) is 6.27. The van der Waals surface area contributed by atoms with Gasteiger partial charge in [0.25, 0.3) is 5.91 Å². The summed E-state index contributed by atoms with van der Waals surface area (Å²) in [5.74, 6) is -0.165. The van der Waals surface area contributed by atoms with Gasteiger partial charge in [0, 0.05) is 31.6 Å².